The van der Waals surface area contributed by atoms with Gasteiger partial charge in [0.15, 0.2) is 0 Å². The summed E-state index contributed by atoms with van der Waals surface area (Å²) in [6.07, 6.45) is 0. The lowest BCUT2D eigenvalue weighted by molar-refractivity contribution is 0.0729. The number of carbonyl (C=O) groups excluding carboxylic acids is 1. The molecule has 2 aromatic carbocycles. The molecule has 0 aliphatic heterocycles. The molecule has 110 valence electrons. The number of aryl methyl sites for hydroxylation is 2. The third kappa shape index (κ3) is 3.85. The van der Waals surface area contributed by atoms with Crippen LogP contribution in [0.25, 0.3) is 0 Å². The Morgan fingerprint density at radius 2 is 1.86 bits per heavy atom. The molecule has 0 heterocycles. The largest absolute Gasteiger partial charge is 0.493 e. The molecule has 0 aliphatic carbocycles. The van der Waals surface area contributed by atoms with Crippen molar-refractivity contribution in [2.24, 2.45) is 0 Å². The Hall–Kier alpha value is -1.81. The lowest BCUT2D eigenvalue weighted by atomic mass is 10.1. The average molecular weight is 349 g/mol. The Kier molecular flexibility index (Phi) is 5.02. The molecule has 0 N–H and O–H groups in total. The molecule has 3 nitrogen and oxygen atoms in total. The van der Waals surface area contributed by atoms with Gasteiger partial charge in [0.2, 0.25) is 0 Å². The van der Waals surface area contributed by atoms with Gasteiger partial charge in [-0.3, -0.25) is 0 Å². The predicted molar refractivity (Wildman–Crippen MR) is 86.2 cm³/mol. The molecule has 0 radical (unpaired) electrons. The Balaban J connectivity index is 2.31. The molecule has 0 unspecified atom stereocenters. The van der Waals surface area contributed by atoms with E-state index >= 15 is 0 Å². The molecule has 0 bridgehead atoms. The smallest absolute Gasteiger partial charge is 0.347 e. The van der Waals surface area contributed by atoms with Gasteiger partial charge in [0.05, 0.1) is 6.61 Å². The Labute approximate surface area is 133 Å². The van der Waals surface area contributed by atoms with Crippen molar-refractivity contribution in [1.29, 1.82) is 0 Å². The van der Waals surface area contributed by atoms with Crippen molar-refractivity contribution < 1.29 is 14.3 Å². The van der Waals surface area contributed by atoms with Gasteiger partial charge in [-0.2, -0.15) is 0 Å². The van der Waals surface area contributed by atoms with E-state index in [0.29, 0.717) is 23.7 Å². The first-order chi connectivity index (χ1) is 10.0. The van der Waals surface area contributed by atoms with Gasteiger partial charge in [-0.05, 0) is 56.2 Å². The maximum atomic E-state index is 12.4. The molecule has 0 saturated heterocycles. The summed E-state index contributed by atoms with van der Waals surface area (Å²) >= 11 is 3.36. The summed E-state index contributed by atoms with van der Waals surface area (Å²) in [5, 5.41) is 0. The van der Waals surface area contributed by atoms with E-state index in [1.54, 1.807) is 12.1 Å². The van der Waals surface area contributed by atoms with E-state index in [1.807, 2.05) is 45.0 Å². The first-order valence-corrected chi connectivity index (χ1v) is 7.52. The first kappa shape index (κ1) is 15.6. The lowest BCUT2D eigenvalue weighted by Gasteiger charge is -2.12. The maximum Gasteiger partial charge on any atom is 0.347 e. The van der Waals surface area contributed by atoms with Crippen molar-refractivity contribution in [3.8, 4) is 11.5 Å². The van der Waals surface area contributed by atoms with Crippen molar-refractivity contribution in [1.82, 2.24) is 0 Å². The van der Waals surface area contributed by atoms with Crippen molar-refractivity contribution in [3.05, 3.63) is 57.6 Å². The Morgan fingerprint density at radius 3 is 2.57 bits per heavy atom. The van der Waals surface area contributed by atoms with Gasteiger partial charge in [0.1, 0.15) is 17.1 Å². The number of carbonyl (C=O) groups is 1. The Morgan fingerprint density at radius 1 is 1.10 bits per heavy atom. The van der Waals surface area contributed by atoms with Crippen LogP contribution in [0.2, 0.25) is 0 Å². The minimum Gasteiger partial charge on any atom is -0.493 e. The van der Waals surface area contributed by atoms with E-state index in [-0.39, 0.29) is 0 Å². The maximum absolute atomic E-state index is 12.4. The quantitative estimate of drug-likeness (QED) is 0.594. The summed E-state index contributed by atoms with van der Waals surface area (Å²) in [4.78, 5) is 12.4. The molecule has 0 spiro atoms. The summed E-state index contributed by atoms with van der Waals surface area (Å²) in [5.41, 5.74) is 2.37. The van der Waals surface area contributed by atoms with E-state index in [4.69, 9.17) is 9.47 Å². The van der Waals surface area contributed by atoms with Crippen LogP contribution in [0.5, 0.6) is 11.5 Å². The van der Waals surface area contributed by atoms with Crippen LogP contribution in [-0.4, -0.2) is 12.6 Å². The molecular formula is C17H17BrO3. The molecule has 4 heteroatoms. The van der Waals surface area contributed by atoms with Gasteiger partial charge in [-0.15, -0.1) is 0 Å². The number of esters is 1. The average Bonchev–Trinajstić information content (AvgIpc) is 2.45. The van der Waals surface area contributed by atoms with Gasteiger partial charge in [0.25, 0.3) is 0 Å². The van der Waals surface area contributed by atoms with Crippen molar-refractivity contribution in [3.63, 3.8) is 0 Å². The molecule has 0 amide bonds. The van der Waals surface area contributed by atoms with Crippen molar-refractivity contribution in [2.75, 3.05) is 6.61 Å². The van der Waals surface area contributed by atoms with E-state index < -0.39 is 5.97 Å². The number of ether oxygens (including phenoxy) is 2. The first-order valence-electron chi connectivity index (χ1n) is 6.73. The minimum atomic E-state index is -0.423. The number of hydrogen-bond acceptors (Lipinski definition) is 3. The fraction of sp³-hybridized carbons (Fsp3) is 0.235. The molecule has 0 aliphatic rings. The molecule has 21 heavy (non-hydrogen) atoms. The summed E-state index contributed by atoms with van der Waals surface area (Å²) in [5.74, 6) is 0.673. The van der Waals surface area contributed by atoms with E-state index in [2.05, 4.69) is 15.9 Å². The fourth-order valence-electron chi connectivity index (χ4n) is 1.92. The number of hydrogen-bond donors (Lipinski definition) is 0. The predicted octanol–water partition coefficient (Wildman–Crippen LogP) is 4.68. The van der Waals surface area contributed by atoms with Crippen LogP contribution < -0.4 is 9.47 Å². The third-order valence-electron chi connectivity index (χ3n) is 3.01. The second kappa shape index (κ2) is 6.76. The zero-order valence-electron chi connectivity index (χ0n) is 12.3. The van der Waals surface area contributed by atoms with Crippen molar-refractivity contribution >= 4 is 21.9 Å². The summed E-state index contributed by atoms with van der Waals surface area (Å²) in [6.45, 7) is 6.24. The minimum absolute atomic E-state index is 0.409. The standard InChI is InChI=1S/C17H17BrO3/c1-4-20-15-8-7-13(18)10-14(15)17(19)21-16-9-11(2)5-6-12(16)3/h5-10H,4H2,1-3H3. The van der Waals surface area contributed by atoms with Gasteiger partial charge in [-0.1, -0.05) is 28.1 Å². The van der Waals surface area contributed by atoms with Gasteiger partial charge >= 0.3 is 5.97 Å². The second-order valence-electron chi connectivity index (χ2n) is 4.73. The van der Waals surface area contributed by atoms with Crippen LogP contribution in [0.4, 0.5) is 0 Å². The normalized spacial score (nSPS) is 10.3. The highest BCUT2D eigenvalue weighted by atomic mass is 79.9. The molecule has 0 fully saturated rings. The number of rotatable bonds is 4. The molecule has 0 aromatic heterocycles. The SMILES string of the molecule is CCOc1ccc(Br)cc1C(=O)Oc1cc(C)ccc1C. The molecule has 0 saturated carbocycles. The Bertz CT molecular complexity index is 665. The third-order valence-corrected chi connectivity index (χ3v) is 3.50. The summed E-state index contributed by atoms with van der Waals surface area (Å²) < 4.78 is 11.8. The fourth-order valence-corrected chi connectivity index (χ4v) is 2.28. The topological polar surface area (TPSA) is 35.5 Å². The van der Waals surface area contributed by atoms with E-state index in [0.717, 1.165) is 15.6 Å². The van der Waals surface area contributed by atoms with E-state index in [1.165, 1.54) is 0 Å². The number of benzene rings is 2. The van der Waals surface area contributed by atoms with Crippen LogP contribution in [-0.2, 0) is 0 Å². The van der Waals surface area contributed by atoms with Crippen LogP contribution in [0, 0.1) is 13.8 Å². The molecule has 2 rings (SSSR count). The molecule has 2 aromatic rings. The van der Waals surface area contributed by atoms with Gasteiger partial charge in [-0.25, -0.2) is 4.79 Å². The highest BCUT2D eigenvalue weighted by molar-refractivity contribution is 9.10. The molecule has 0 atom stereocenters. The van der Waals surface area contributed by atoms with Gasteiger partial charge < -0.3 is 9.47 Å². The summed E-state index contributed by atoms with van der Waals surface area (Å²) in [6, 6.07) is 11.1. The van der Waals surface area contributed by atoms with Crippen molar-refractivity contribution in [2.45, 2.75) is 20.8 Å². The second-order valence-corrected chi connectivity index (χ2v) is 5.65. The highest BCUT2D eigenvalue weighted by Crippen LogP contribution is 2.26. The summed E-state index contributed by atoms with van der Waals surface area (Å²) in [7, 11) is 0. The van der Waals surface area contributed by atoms with Crippen LogP contribution >= 0.6 is 15.9 Å². The van der Waals surface area contributed by atoms with Gasteiger partial charge in [0, 0.05) is 4.47 Å². The highest BCUT2D eigenvalue weighted by Gasteiger charge is 2.16. The van der Waals surface area contributed by atoms with Crippen LogP contribution in [0.3, 0.4) is 0 Å². The number of halogens is 1. The van der Waals surface area contributed by atoms with E-state index in [9.17, 15) is 4.79 Å². The zero-order valence-corrected chi connectivity index (χ0v) is 13.9. The monoisotopic (exact) mass is 348 g/mol. The lowest BCUT2D eigenvalue weighted by Crippen LogP contribution is -2.11. The van der Waals surface area contributed by atoms with Crippen LogP contribution in [0.15, 0.2) is 40.9 Å². The van der Waals surface area contributed by atoms with Crippen LogP contribution in [0.1, 0.15) is 28.4 Å². The zero-order chi connectivity index (χ0) is 15.4. The molecular weight excluding hydrogens is 332 g/mol.